The Hall–Kier alpha value is -1.10. The summed E-state index contributed by atoms with van der Waals surface area (Å²) >= 11 is 3.33. The number of hydrogen-bond acceptors (Lipinski definition) is 4. The van der Waals surface area contributed by atoms with E-state index in [9.17, 15) is 0 Å². The van der Waals surface area contributed by atoms with E-state index in [1.165, 1.54) is 0 Å². The first-order valence-electron chi connectivity index (χ1n) is 5.15. The molecule has 0 atom stereocenters. The summed E-state index contributed by atoms with van der Waals surface area (Å²) in [6.45, 7) is 7.48. The van der Waals surface area contributed by atoms with Crippen LogP contribution < -0.4 is 9.64 Å². The van der Waals surface area contributed by atoms with Crippen LogP contribution in [0.1, 0.15) is 13.3 Å². The maximum Gasteiger partial charge on any atom is 0.232 e. The van der Waals surface area contributed by atoms with Gasteiger partial charge in [-0.25, -0.2) is 4.98 Å². The topological polar surface area (TPSA) is 38.2 Å². The van der Waals surface area contributed by atoms with Crippen LogP contribution in [0.4, 0.5) is 5.95 Å². The summed E-state index contributed by atoms with van der Waals surface area (Å²) in [7, 11) is 1.59. The Bertz CT molecular complexity index is 357. The lowest BCUT2D eigenvalue weighted by atomic mass is 10.4. The fourth-order valence-electron chi connectivity index (χ4n) is 1.34. The van der Waals surface area contributed by atoms with E-state index in [1.54, 1.807) is 13.3 Å². The highest BCUT2D eigenvalue weighted by Crippen LogP contribution is 2.23. The van der Waals surface area contributed by atoms with Crippen LogP contribution in [0, 0.1) is 0 Å². The predicted molar refractivity (Wildman–Crippen MR) is 69.0 cm³/mol. The molecule has 0 saturated carbocycles. The second kappa shape index (κ2) is 6.48. The molecule has 0 amide bonds. The predicted octanol–water partition coefficient (Wildman–Crippen LogP) is 2.65. The number of rotatable bonds is 6. The van der Waals surface area contributed by atoms with Crippen LogP contribution in [0.25, 0.3) is 0 Å². The molecule has 0 bridgehead atoms. The molecule has 0 aliphatic carbocycles. The third-order valence-electron chi connectivity index (χ3n) is 2.02. The van der Waals surface area contributed by atoms with Gasteiger partial charge in [-0.3, -0.25) is 0 Å². The van der Waals surface area contributed by atoms with E-state index in [0.29, 0.717) is 11.8 Å². The minimum atomic E-state index is 0.551. The third-order valence-corrected chi connectivity index (χ3v) is 2.56. The van der Waals surface area contributed by atoms with Gasteiger partial charge in [0.05, 0.1) is 17.8 Å². The second-order valence-corrected chi connectivity index (χ2v) is 4.12. The molecule has 0 spiro atoms. The summed E-state index contributed by atoms with van der Waals surface area (Å²) < 4.78 is 5.90. The molecule has 1 rings (SSSR count). The molecule has 4 nitrogen and oxygen atoms in total. The quantitative estimate of drug-likeness (QED) is 0.754. The van der Waals surface area contributed by atoms with Crippen molar-refractivity contribution in [3.8, 4) is 5.88 Å². The Balaban J connectivity index is 2.94. The molecule has 0 unspecified atom stereocenters. The van der Waals surface area contributed by atoms with Gasteiger partial charge in [-0.1, -0.05) is 13.0 Å². The summed E-state index contributed by atoms with van der Waals surface area (Å²) in [5, 5.41) is 0. The lowest BCUT2D eigenvalue weighted by Crippen LogP contribution is -2.26. The molecule has 1 aromatic heterocycles. The van der Waals surface area contributed by atoms with Crippen molar-refractivity contribution in [3.63, 3.8) is 0 Å². The van der Waals surface area contributed by atoms with Gasteiger partial charge >= 0.3 is 0 Å². The first-order chi connectivity index (χ1) is 7.72. The molecule has 1 aromatic rings. The summed E-state index contributed by atoms with van der Waals surface area (Å²) in [6.07, 6.45) is 4.58. The van der Waals surface area contributed by atoms with Crippen molar-refractivity contribution in [1.29, 1.82) is 0 Å². The molecule has 0 aliphatic heterocycles. The average Bonchev–Trinajstić information content (AvgIpc) is 2.29. The van der Waals surface area contributed by atoms with Crippen LogP contribution in [0.5, 0.6) is 5.88 Å². The van der Waals surface area contributed by atoms with Crippen LogP contribution in [-0.2, 0) is 0 Å². The molecule has 0 fully saturated rings. The minimum Gasteiger partial charge on any atom is -0.480 e. The van der Waals surface area contributed by atoms with Crippen LogP contribution in [-0.4, -0.2) is 30.2 Å². The highest BCUT2D eigenvalue weighted by atomic mass is 79.9. The van der Waals surface area contributed by atoms with E-state index < -0.39 is 0 Å². The number of methoxy groups -OCH3 is 1. The Labute approximate surface area is 104 Å². The second-order valence-electron chi connectivity index (χ2n) is 3.26. The molecule has 16 heavy (non-hydrogen) atoms. The highest BCUT2D eigenvalue weighted by Gasteiger charge is 2.10. The number of nitrogens with zero attached hydrogens (tertiary/aromatic N) is 3. The molecular formula is C11H16BrN3O. The van der Waals surface area contributed by atoms with Crippen LogP contribution in [0.2, 0.25) is 0 Å². The largest absolute Gasteiger partial charge is 0.480 e. The fraction of sp³-hybridized carbons (Fsp3) is 0.455. The summed E-state index contributed by atoms with van der Waals surface area (Å²) in [4.78, 5) is 10.6. The molecule has 0 saturated heterocycles. The summed E-state index contributed by atoms with van der Waals surface area (Å²) in [5.74, 6) is 1.22. The number of hydrogen-bond donors (Lipinski definition) is 0. The van der Waals surface area contributed by atoms with Gasteiger partial charge in [0.25, 0.3) is 0 Å². The van der Waals surface area contributed by atoms with E-state index in [4.69, 9.17) is 4.74 Å². The number of ether oxygens (including phenoxy) is 1. The number of halogens is 1. The van der Waals surface area contributed by atoms with Gasteiger partial charge in [0.1, 0.15) is 0 Å². The van der Waals surface area contributed by atoms with Crippen LogP contribution in [0.3, 0.4) is 0 Å². The van der Waals surface area contributed by atoms with Gasteiger partial charge in [0.2, 0.25) is 11.8 Å². The van der Waals surface area contributed by atoms with Gasteiger partial charge < -0.3 is 9.64 Å². The van der Waals surface area contributed by atoms with Crippen molar-refractivity contribution in [2.24, 2.45) is 0 Å². The van der Waals surface area contributed by atoms with Crippen molar-refractivity contribution in [3.05, 3.63) is 23.3 Å². The summed E-state index contributed by atoms with van der Waals surface area (Å²) in [5.41, 5.74) is 0. The standard InChI is InChI=1S/C11H16BrN3O/c1-4-6-15(7-5-2)11-13-8-9(12)10(14-11)16-3/h4,8H,1,5-7H2,2-3H3. The van der Waals surface area contributed by atoms with Crippen molar-refractivity contribution < 1.29 is 4.74 Å². The molecule has 0 aromatic carbocycles. The lowest BCUT2D eigenvalue weighted by Gasteiger charge is -2.20. The SMILES string of the molecule is C=CCN(CCC)c1ncc(Br)c(OC)n1. The van der Waals surface area contributed by atoms with Gasteiger partial charge in [0.15, 0.2) is 0 Å². The first-order valence-corrected chi connectivity index (χ1v) is 5.94. The summed E-state index contributed by atoms with van der Waals surface area (Å²) in [6, 6.07) is 0. The zero-order chi connectivity index (χ0) is 12.0. The molecule has 1 heterocycles. The Morgan fingerprint density at radius 3 is 2.94 bits per heavy atom. The lowest BCUT2D eigenvalue weighted by molar-refractivity contribution is 0.394. The zero-order valence-electron chi connectivity index (χ0n) is 9.61. The average molecular weight is 286 g/mol. The van der Waals surface area contributed by atoms with Gasteiger partial charge in [-0.05, 0) is 22.4 Å². The van der Waals surface area contributed by atoms with E-state index in [0.717, 1.165) is 24.0 Å². The normalized spacial score (nSPS) is 9.94. The third kappa shape index (κ3) is 3.20. The minimum absolute atomic E-state index is 0.551. The van der Waals surface area contributed by atoms with E-state index in [1.807, 2.05) is 6.08 Å². The zero-order valence-corrected chi connectivity index (χ0v) is 11.2. The Kier molecular flexibility index (Phi) is 5.25. The molecule has 0 aliphatic rings. The number of aromatic nitrogens is 2. The van der Waals surface area contributed by atoms with Gasteiger partial charge in [-0.15, -0.1) is 6.58 Å². The molecule has 0 N–H and O–H groups in total. The fourth-order valence-corrected chi connectivity index (χ4v) is 1.69. The maximum atomic E-state index is 5.14. The van der Waals surface area contributed by atoms with E-state index >= 15 is 0 Å². The van der Waals surface area contributed by atoms with Crippen molar-refractivity contribution >= 4 is 21.9 Å². The van der Waals surface area contributed by atoms with Gasteiger partial charge in [0, 0.05) is 13.1 Å². The van der Waals surface area contributed by atoms with E-state index in [-0.39, 0.29) is 0 Å². The van der Waals surface area contributed by atoms with Crippen molar-refractivity contribution in [1.82, 2.24) is 9.97 Å². The highest BCUT2D eigenvalue weighted by molar-refractivity contribution is 9.10. The monoisotopic (exact) mass is 285 g/mol. The molecule has 0 radical (unpaired) electrons. The van der Waals surface area contributed by atoms with Crippen LogP contribution in [0.15, 0.2) is 23.3 Å². The first kappa shape index (κ1) is 13.0. The van der Waals surface area contributed by atoms with Crippen molar-refractivity contribution in [2.75, 3.05) is 25.1 Å². The smallest absolute Gasteiger partial charge is 0.232 e. The van der Waals surface area contributed by atoms with Gasteiger partial charge in [-0.2, -0.15) is 4.98 Å². The molecule has 5 heteroatoms. The molecular weight excluding hydrogens is 270 g/mol. The molecule has 88 valence electrons. The van der Waals surface area contributed by atoms with E-state index in [2.05, 4.69) is 44.3 Å². The Morgan fingerprint density at radius 2 is 2.38 bits per heavy atom. The van der Waals surface area contributed by atoms with Crippen LogP contribution >= 0.6 is 15.9 Å². The Morgan fingerprint density at radius 1 is 1.62 bits per heavy atom. The maximum absolute atomic E-state index is 5.14. The van der Waals surface area contributed by atoms with Crippen molar-refractivity contribution in [2.45, 2.75) is 13.3 Å². The number of anilines is 1.